The molecule has 0 spiro atoms. The fourth-order valence-electron chi connectivity index (χ4n) is 0.525. The fourth-order valence-corrected chi connectivity index (χ4v) is 1.77. The fraction of sp³-hybridized carbons (Fsp3) is 0. The minimum atomic E-state index is 0.589. The summed E-state index contributed by atoms with van der Waals surface area (Å²) < 4.78 is 0. The smallest absolute Gasteiger partial charge is 0.0603 e. The molecular formula is C6H3BrCl2S. The van der Waals surface area contributed by atoms with Gasteiger partial charge in [0.1, 0.15) is 0 Å². The Morgan fingerprint density at radius 2 is 1.90 bits per heavy atom. The van der Waals surface area contributed by atoms with Crippen molar-refractivity contribution in [1.82, 2.24) is 0 Å². The van der Waals surface area contributed by atoms with Crippen LogP contribution in [0.4, 0.5) is 0 Å². The molecule has 0 heterocycles. The predicted octanol–water partition coefficient (Wildman–Crippen LogP) is 4.40. The second kappa shape index (κ2) is 3.86. The van der Waals surface area contributed by atoms with Gasteiger partial charge in [0.2, 0.25) is 0 Å². The van der Waals surface area contributed by atoms with Crippen LogP contribution in [0.3, 0.4) is 0 Å². The Balaban J connectivity index is 3.04. The first-order chi connectivity index (χ1) is 4.74. The van der Waals surface area contributed by atoms with Crippen LogP contribution in [0, 0.1) is 0 Å². The first kappa shape index (κ1) is 8.72. The van der Waals surface area contributed by atoms with E-state index < -0.39 is 0 Å². The Morgan fingerprint density at radius 1 is 1.20 bits per heavy atom. The third-order valence-corrected chi connectivity index (χ3v) is 3.27. The number of benzene rings is 1. The lowest BCUT2D eigenvalue weighted by molar-refractivity contribution is 1.48. The predicted molar refractivity (Wildman–Crippen MR) is 51.2 cm³/mol. The van der Waals surface area contributed by atoms with E-state index in [-0.39, 0.29) is 0 Å². The highest BCUT2D eigenvalue weighted by atomic mass is 79.9. The van der Waals surface area contributed by atoms with E-state index in [0.29, 0.717) is 10.0 Å². The van der Waals surface area contributed by atoms with Crippen molar-refractivity contribution in [1.29, 1.82) is 0 Å². The number of rotatable bonds is 1. The third kappa shape index (κ3) is 2.06. The van der Waals surface area contributed by atoms with E-state index in [2.05, 4.69) is 14.8 Å². The van der Waals surface area contributed by atoms with Crippen molar-refractivity contribution in [2.75, 3.05) is 0 Å². The van der Waals surface area contributed by atoms with Crippen LogP contribution in [-0.2, 0) is 0 Å². The van der Waals surface area contributed by atoms with E-state index in [4.69, 9.17) is 23.2 Å². The number of hydrogen-bond donors (Lipinski definition) is 0. The lowest BCUT2D eigenvalue weighted by atomic mass is 10.4. The molecule has 0 atom stereocenters. The summed E-state index contributed by atoms with van der Waals surface area (Å²) in [5.74, 6) is 0. The number of hydrogen-bond acceptors (Lipinski definition) is 1. The molecule has 0 aliphatic heterocycles. The molecule has 1 rings (SSSR count). The van der Waals surface area contributed by atoms with Crippen molar-refractivity contribution in [2.45, 2.75) is 4.90 Å². The monoisotopic (exact) mass is 256 g/mol. The molecule has 0 nitrogen and oxygen atoms in total. The zero-order valence-corrected chi connectivity index (χ0v) is 8.69. The first-order valence-electron chi connectivity index (χ1n) is 2.47. The molecule has 0 radical (unpaired) electrons. The van der Waals surface area contributed by atoms with Gasteiger partial charge in [-0.1, -0.05) is 23.2 Å². The van der Waals surface area contributed by atoms with Gasteiger partial charge in [-0.2, -0.15) is 0 Å². The van der Waals surface area contributed by atoms with Gasteiger partial charge in [0, 0.05) is 4.90 Å². The highest BCUT2D eigenvalue weighted by molar-refractivity contribution is 9.50. The Labute approximate surface area is 81.1 Å². The summed E-state index contributed by atoms with van der Waals surface area (Å²) in [4.78, 5) is 1.05. The number of halogens is 3. The molecule has 1 aromatic rings. The maximum Gasteiger partial charge on any atom is 0.0603 e. The highest BCUT2D eigenvalue weighted by Crippen LogP contribution is 2.30. The average molecular weight is 258 g/mol. The Kier molecular flexibility index (Phi) is 3.37. The quantitative estimate of drug-likeness (QED) is 0.719. The van der Waals surface area contributed by atoms with Gasteiger partial charge in [0.25, 0.3) is 0 Å². The molecule has 0 fully saturated rings. The molecule has 0 N–H and O–H groups in total. The molecule has 0 saturated heterocycles. The van der Waals surface area contributed by atoms with Crippen LogP contribution in [0.2, 0.25) is 10.0 Å². The van der Waals surface area contributed by atoms with Crippen molar-refractivity contribution in [3.63, 3.8) is 0 Å². The maximum absolute atomic E-state index is 5.73. The van der Waals surface area contributed by atoms with Crippen LogP contribution in [0.1, 0.15) is 0 Å². The van der Waals surface area contributed by atoms with E-state index in [1.165, 1.54) is 10.2 Å². The summed E-state index contributed by atoms with van der Waals surface area (Å²) in [6.45, 7) is 0. The topological polar surface area (TPSA) is 0 Å². The van der Waals surface area contributed by atoms with Gasteiger partial charge in [0.05, 0.1) is 10.0 Å². The summed E-state index contributed by atoms with van der Waals surface area (Å²) in [7, 11) is 1.46. The normalized spacial score (nSPS) is 9.90. The lowest BCUT2D eigenvalue weighted by Crippen LogP contribution is -1.68. The summed E-state index contributed by atoms with van der Waals surface area (Å²) >= 11 is 14.6. The SMILES string of the molecule is Clc1ccc(SBr)cc1Cl. The minimum absolute atomic E-state index is 0.589. The van der Waals surface area contributed by atoms with Gasteiger partial charge < -0.3 is 0 Å². The lowest BCUT2D eigenvalue weighted by Gasteiger charge is -1.96. The van der Waals surface area contributed by atoms with Gasteiger partial charge in [-0.25, -0.2) is 0 Å². The minimum Gasteiger partial charge on any atom is -0.0827 e. The van der Waals surface area contributed by atoms with Crippen LogP contribution >= 0.6 is 48.2 Å². The van der Waals surface area contributed by atoms with E-state index >= 15 is 0 Å². The van der Waals surface area contributed by atoms with E-state index in [0.717, 1.165) is 4.90 Å². The van der Waals surface area contributed by atoms with E-state index in [1.54, 1.807) is 6.07 Å². The highest BCUT2D eigenvalue weighted by Gasteiger charge is 1.97. The zero-order chi connectivity index (χ0) is 7.56. The van der Waals surface area contributed by atoms with Crippen LogP contribution in [0.15, 0.2) is 23.1 Å². The van der Waals surface area contributed by atoms with Crippen LogP contribution in [-0.4, -0.2) is 0 Å². The van der Waals surface area contributed by atoms with Gasteiger partial charge in [-0.3, -0.25) is 0 Å². The molecule has 0 amide bonds. The molecule has 10 heavy (non-hydrogen) atoms. The Morgan fingerprint density at radius 3 is 2.40 bits per heavy atom. The summed E-state index contributed by atoms with van der Waals surface area (Å²) in [6, 6.07) is 5.48. The van der Waals surface area contributed by atoms with Crippen LogP contribution < -0.4 is 0 Å². The molecule has 54 valence electrons. The Hall–Kier alpha value is 0.630. The van der Waals surface area contributed by atoms with Crippen LogP contribution in [0.5, 0.6) is 0 Å². The molecule has 0 aliphatic rings. The molecule has 0 unspecified atom stereocenters. The molecule has 4 heteroatoms. The van der Waals surface area contributed by atoms with E-state index in [1.807, 2.05) is 12.1 Å². The molecule has 0 bridgehead atoms. The van der Waals surface area contributed by atoms with Crippen molar-refractivity contribution >= 4 is 48.2 Å². The Bertz CT molecular complexity index is 239. The van der Waals surface area contributed by atoms with Crippen molar-refractivity contribution in [2.24, 2.45) is 0 Å². The van der Waals surface area contributed by atoms with Gasteiger partial charge in [-0.05, 0) is 43.2 Å². The standard InChI is InChI=1S/C6H3BrCl2S/c7-10-4-1-2-5(8)6(9)3-4/h1-3H. The van der Waals surface area contributed by atoms with Crippen molar-refractivity contribution in [3.8, 4) is 0 Å². The van der Waals surface area contributed by atoms with Crippen molar-refractivity contribution < 1.29 is 0 Å². The molecule has 0 saturated carbocycles. The van der Waals surface area contributed by atoms with Crippen LogP contribution in [0.25, 0.3) is 0 Å². The van der Waals surface area contributed by atoms with E-state index in [9.17, 15) is 0 Å². The summed E-state index contributed by atoms with van der Waals surface area (Å²) in [6.07, 6.45) is 0. The third-order valence-electron chi connectivity index (χ3n) is 0.980. The summed E-state index contributed by atoms with van der Waals surface area (Å²) in [5, 5.41) is 1.18. The largest absolute Gasteiger partial charge is 0.0827 e. The molecule has 0 aromatic heterocycles. The maximum atomic E-state index is 5.73. The molecular weight excluding hydrogens is 255 g/mol. The van der Waals surface area contributed by atoms with Gasteiger partial charge in [0.15, 0.2) is 0 Å². The molecule has 1 aromatic carbocycles. The first-order valence-corrected chi connectivity index (χ1v) is 5.89. The second-order valence-electron chi connectivity index (χ2n) is 1.65. The zero-order valence-electron chi connectivity index (χ0n) is 4.77. The second-order valence-corrected chi connectivity index (χ2v) is 4.06. The van der Waals surface area contributed by atoms with Gasteiger partial charge >= 0.3 is 0 Å². The van der Waals surface area contributed by atoms with Gasteiger partial charge in [-0.15, -0.1) is 0 Å². The average Bonchev–Trinajstić information content (AvgIpc) is 1.95. The summed E-state index contributed by atoms with van der Waals surface area (Å²) in [5.41, 5.74) is 0. The van der Waals surface area contributed by atoms with Crippen molar-refractivity contribution in [3.05, 3.63) is 28.2 Å². The molecule has 0 aliphatic carbocycles.